The Kier molecular flexibility index (Phi) is 4.37. The van der Waals surface area contributed by atoms with E-state index in [2.05, 4.69) is 36.7 Å². The van der Waals surface area contributed by atoms with Gasteiger partial charge in [0, 0.05) is 28.7 Å². The van der Waals surface area contributed by atoms with Gasteiger partial charge >= 0.3 is 0 Å². The number of benzene rings is 1. The number of aromatic hydroxyl groups is 1. The van der Waals surface area contributed by atoms with Crippen LogP contribution in [0.5, 0.6) is 5.75 Å². The summed E-state index contributed by atoms with van der Waals surface area (Å²) in [5.41, 5.74) is 4.01. The lowest BCUT2D eigenvalue weighted by molar-refractivity contribution is 0.0558. The zero-order valence-electron chi connectivity index (χ0n) is 15.9. The summed E-state index contributed by atoms with van der Waals surface area (Å²) in [4.78, 5) is 15.5. The van der Waals surface area contributed by atoms with Gasteiger partial charge in [-0.15, -0.1) is 0 Å². The van der Waals surface area contributed by atoms with Gasteiger partial charge in [0.2, 0.25) is 0 Å². The van der Waals surface area contributed by atoms with Crippen molar-refractivity contribution < 1.29 is 14.3 Å². The van der Waals surface area contributed by atoms with Crippen molar-refractivity contribution in [2.24, 2.45) is 0 Å². The Hall–Kier alpha value is -1.82. The minimum absolute atomic E-state index is 0.0480. The number of hydrogen-bond donors (Lipinski definition) is 1. The zero-order valence-corrected chi connectivity index (χ0v) is 17.5. The lowest BCUT2D eigenvalue weighted by Gasteiger charge is -2.37. The Morgan fingerprint density at radius 1 is 1.11 bits per heavy atom. The Bertz CT molecular complexity index is 943. The topological polar surface area (TPSA) is 45.5 Å². The summed E-state index contributed by atoms with van der Waals surface area (Å²) in [6, 6.07) is 2.90. The first kappa shape index (κ1) is 18.5. The molecule has 0 spiro atoms. The van der Waals surface area contributed by atoms with Crippen LogP contribution in [0.4, 0.5) is 4.39 Å². The van der Waals surface area contributed by atoms with Crippen molar-refractivity contribution in [2.45, 2.75) is 58.5 Å². The molecule has 3 heterocycles. The van der Waals surface area contributed by atoms with Gasteiger partial charge in [0.25, 0.3) is 5.91 Å². The van der Waals surface area contributed by atoms with Crippen LogP contribution in [0.3, 0.4) is 0 Å². The molecular weight excluding hydrogens is 411 g/mol. The number of carbonyl (C=O) groups is 1. The second-order valence-corrected chi connectivity index (χ2v) is 9.23. The van der Waals surface area contributed by atoms with Gasteiger partial charge in [0.15, 0.2) is 11.6 Å². The maximum absolute atomic E-state index is 14.1. The summed E-state index contributed by atoms with van der Waals surface area (Å²) in [5.74, 6) is -0.907. The molecule has 144 valence electrons. The van der Waals surface area contributed by atoms with Gasteiger partial charge < -0.3 is 14.6 Å². The van der Waals surface area contributed by atoms with Crippen LogP contribution < -0.4 is 0 Å². The number of hydrogen-bond acceptors (Lipinski definition) is 2. The van der Waals surface area contributed by atoms with Crippen molar-refractivity contribution in [3.05, 3.63) is 39.2 Å². The molecule has 6 heteroatoms. The van der Waals surface area contributed by atoms with Crippen LogP contribution in [0.15, 0.2) is 16.6 Å². The number of fused-ring (bicyclic) bond motifs is 5. The molecule has 2 aliphatic rings. The highest BCUT2D eigenvalue weighted by atomic mass is 79.9. The second kappa shape index (κ2) is 6.36. The van der Waals surface area contributed by atoms with E-state index in [0.717, 1.165) is 58.4 Å². The number of halogens is 2. The molecule has 0 saturated heterocycles. The van der Waals surface area contributed by atoms with E-state index >= 15 is 0 Å². The van der Waals surface area contributed by atoms with Crippen LogP contribution in [-0.4, -0.2) is 32.6 Å². The smallest absolute Gasteiger partial charge is 0.271 e. The molecule has 0 saturated carbocycles. The second-order valence-electron chi connectivity index (χ2n) is 8.44. The van der Waals surface area contributed by atoms with E-state index < -0.39 is 5.82 Å². The van der Waals surface area contributed by atoms with Crippen molar-refractivity contribution in [2.75, 3.05) is 6.54 Å². The highest BCUT2D eigenvalue weighted by Gasteiger charge is 2.36. The minimum Gasteiger partial charge on any atom is -0.505 e. The van der Waals surface area contributed by atoms with Crippen molar-refractivity contribution in [3.8, 4) is 17.0 Å². The van der Waals surface area contributed by atoms with E-state index in [1.165, 1.54) is 12.1 Å². The number of phenols is 1. The maximum atomic E-state index is 14.1. The average Bonchev–Trinajstić information content (AvgIpc) is 2.84. The third kappa shape index (κ3) is 2.89. The van der Waals surface area contributed by atoms with Crippen molar-refractivity contribution in [1.29, 1.82) is 0 Å². The molecular formula is C21H24BrFN2O2. The molecule has 4 rings (SSSR count). The first-order chi connectivity index (χ1) is 12.7. The van der Waals surface area contributed by atoms with E-state index in [1.807, 2.05) is 9.47 Å². The van der Waals surface area contributed by atoms with Gasteiger partial charge in [-0.3, -0.25) is 4.79 Å². The maximum Gasteiger partial charge on any atom is 0.271 e. The SMILES string of the molecule is CC(C)(C)N1CCCCc2c(Br)c3n(c2C1=O)CCc1cc(O)c(F)cc1-3. The fourth-order valence-corrected chi connectivity index (χ4v) is 5.12. The average molecular weight is 435 g/mol. The zero-order chi connectivity index (χ0) is 19.5. The predicted molar refractivity (Wildman–Crippen MR) is 107 cm³/mol. The standard InChI is InChI=1S/C21H24BrFN2O2/c1-21(2,3)25-8-5-4-6-13-17(22)18-14-11-15(23)16(26)10-12(14)7-9-24(18)19(13)20(25)27/h10-11,26H,4-9H2,1-3H3. The molecule has 1 N–H and O–H groups in total. The number of nitrogens with zero attached hydrogens (tertiary/aromatic N) is 2. The van der Waals surface area contributed by atoms with Crippen LogP contribution >= 0.6 is 15.9 Å². The highest BCUT2D eigenvalue weighted by Crippen LogP contribution is 2.44. The Morgan fingerprint density at radius 3 is 2.56 bits per heavy atom. The van der Waals surface area contributed by atoms with Crippen LogP contribution in [0.2, 0.25) is 0 Å². The van der Waals surface area contributed by atoms with Gasteiger partial charge in [0.1, 0.15) is 5.69 Å². The van der Waals surface area contributed by atoms with E-state index in [4.69, 9.17) is 0 Å². The summed E-state index contributed by atoms with van der Waals surface area (Å²) < 4.78 is 17.0. The quantitative estimate of drug-likeness (QED) is 0.640. The Morgan fingerprint density at radius 2 is 1.85 bits per heavy atom. The van der Waals surface area contributed by atoms with Crippen molar-refractivity contribution in [3.63, 3.8) is 0 Å². The lowest BCUT2D eigenvalue weighted by Crippen LogP contribution is -2.47. The van der Waals surface area contributed by atoms with Gasteiger partial charge in [-0.2, -0.15) is 0 Å². The summed E-state index contributed by atoms with van der Waals surface area (Å²) in [6.45, 7) is 7.59. The van der Waals surface area contributed by atoms with Crippen molar-refractivity contribution in [1.82, 2.24) is 9.47 Å². The molecule has 0 fully saturated rings. The Balaban J connectivity index is 1.95. The van der Waals surface area contributed by atoms with Crippen LogP contribution in [0.1, 0.15) is 55.2 Å². The highest BCUT2D eigenvalue weighted by molar-refractivity contribution is 9.10. The molecule has 1 amide bonds. The molecule has 2 aromatic rings. The lowest BCUT2D eigenvalue weighted by atomic mass is 9.97. The third-order valence-electron chi connectivity index (χ3n) is 5.65. The number of phenolic OH excluding ortho intramolecular Hbond substituents is 1. The number of aryl methyl sites for hydroxylation is 1. The normalized spacial score (nSPS) is 17.1. The molecule has 1 aromatic carbocycles. The molecule has 4 nitrogen and oxygen atoms in total. The Labute approximate surface area is 167 Å². The van der Waals surface area contributed by atoms with Gasteiger partial charge in [-0.05, 0) is 85.6 Å². The number of aromatic nitrogens is 1. The molecule has 0 radical (unpaired) electrons. The molecule has 0 atom stereocenters. The van der Waals surface area contributed by atoms with Gasteiger partial charge in [0.05, 0.1) is 5.69 Å². The molecule has 0 aliphatic carbocycles. The first-order valence-corrected chi connectivity index (χ1v) is 10.2. The number of carbonyl (C=O) groups excluding carboxylic acids is 1. The van der Waals surface area contributed by atoms with E-state index in [-0.39, 0.29) is 17.2 Å². The largest absolute Gasteiger partial charge is 0.505 e. The first-order valence-electron chi connectivity index (χ1n) is 9.44. The molecule has 0 bridgehead atoms. The van der Waals surface area contributed by atoms with Gasteiger partial charge in [-0.25, -0.2) is 4.39 Å². The molecule has 1 aromatic heterocycles. The van der Waals surface area contributed by atoms with Crippen molar-refractivity contribution >= 4 is 21.8 Å². The van der Waals surface area contributed by atoms with E-state index in [0.29, 0.717) is 13.0 Å². The molecule has 27 heavy (non-hydrogen) atoms. The fourth-order valence-electron chi connectivity index (χ4n) is 4.31. The van der Waals surface area contributed by atoms with E-state index in [1.54, 1.807) is 0 Å². The monoisotopic (exact) mass is 434 g/mol. The number of amides is 1. The number of rotatable bonds is 0. The third-order valence-corrected chi connectivity index (χ3v) is 6.50. The molecule has 2 aliphatic heterocycles. The fraction of sp³-hybridized carbons (Fsp3) is 0.476. The predicted octanol–water partition coefficient (Wildman–Crippen LogP) is 4.90. The summed E-state index contributed by atoms with van der Waals surface area (Å²) in [6.07, 6.45) is 3.46. The van der Waals surface area contributed by atoms with Crippen LogP contribution in [0, 0.1) is 5.82 Å². The van der Waals surface area contributed by atoms with Crippen LogP contribution in [-0.2, 0) is 19.4 Å². The van der Waals surface area contributed by atoms with E-state index in [9.17, 15) is 14.3 Å². The van der Waals surface area contributed by atoms with Gasteiger partial charge in [-0.1, -0.05) is 0 Å². The summed E-state index contributed by atoms with van der Waals surface area (Å²) in [7, 11) is 0. The summed E-state index contributed by atoms with van der Waals surface area (Å²) >= 11 is 3.72. The summed E-state index contributed by atoms with van der Waals surface area (Å²) in [5, 5.41) is 9.74. The minimum atomic E-state index is -0.634. The molecule has 0 unspecified atom stereocenters. The van der Waals surface area contributed by atoms with Crippen LogP contribution in [0.25, 0.3) is 11.3 Å².